The lowest BCUT2D eigenvalue weighted by Gasteiger charge is -2.15. The van der Waals surface area contributed by atoms with Gasteiger partial charge in [-0.05, 0) is 67.1 Å². The molecule has 0 aromatic heterocycles. The van der Waals surface area contributed by atoms with Crippen LogP contribution in [0, 0.1) is 12.8 Å². The summed E-state index contributed by atoms with van der Waals surface area (Å²) in [5.41, 5.74) is 7.78. The molecule has 0 atom stereocenters. The number of rotatable bonds is 7. The molecule has 7 heteroatoms. The van der Waals surface area contributed by atoms with Crippen molar-refractivity contribution in [1.82, 2.24) is 10.9 Å². The van der Waals surface area contributed by atoms with E-state index in [1.54, 1.807) is 24.3 Å². The van der Waals surface area contributed by atoms with Crippen LogP contribution in [0.25, 0.3) is 0 Å². The fourth-order valence-electron chi connectivity index (χ4n) is 2.92. The van der Waals surface area contributed by atoms with Gasteiger partial charge in [-0.3, -0.25) is 25.2 Å². The number of hydrazine groups is 1. The van der Waals surface area contributed by atoms with Crippen molar-refractivity contribution in [2.75, 3.05) is 11.9 Å². The number of carbonyl (C=O) groups excluding carboxylic acids is 3. The van der Waals surface area contributed by atoms with Crippen LogP contribution in [0.4, 0.5) is 5.69 Å². The molecule has 1 saturated carbocycles. The van der Waals surface area contributed by atoms with Gasteiger partial charge in [-0.1, -0.05) is 26.0 Å². The molecule has 1 aliphatic carbocycles. The van der Waals surface area contributed by atoms with E-state index >= 15 is 0 Å². The lowest BCUT2D eigenvalue weighted by Crippen LogP contribution is -2.43. The Labute approximate surface area is 176 Å². The van der Waals surface area contributed by atoms with Crippen molar-refractivity contribution < 1.29 is 19.1 Å². The summed E-state index contributed by atoms with van der Waals surface area (Å²) < 4.78 is 5.65. The van der Waals surface area contributed by atoms with E-state index in [9.17, 15) is 14.4 Å². The maximum atomic E-state index is 12.2. The Morgan fingerprint density at radius 1 is 1.03 bits per heavy atom. The second-order valence-electron chi connectivity index (χ2n) is 7.83. The second-order valence-corrected chi connectivity index (χ2v) is 7.83. The van der Waals surface area contributed by atoms with Crippen molar-refractivity contribution in [3.63, 3.8) is 0 Å². The van der Waals surface area contributed by atoms with Crippen LogP contribution in [-0.2, 0) is 9.59 Å². The summed E-state index contributed by atoms with van der Waals surface area (Å²) >= 11 is 0. The molecule has 3 N–H and O–H groups in total. The molecule has 0 radical (unpaired) electrons. The topological polar surface area (TPSA) is 96.5 Å². The minimum absolute atomic E-state index is 0.00805. The monoisotopic (exact) mass is 409 g/mol. The Bertz CT molecular complexity index is 934. The van der Waals surface area contributed by atoms with Crippen LogP contribution in [0.5, 0.6) is 5.75 Å². The summed E-state index contributed by atoms with van der Waals surface area (Å²) in [7, 11) is 0. The highest BCUT2D eigenvalue weighted by Crippen LogP contribution is 2.30. The van der Waals surface area contributed by atoms with Gasteiger partial charge < -0.3 is 10.1 Å². The number of hydrogen-bond acceptors (Lipinski definition) is 4. The van der Waals surface area contributed by atoms with Crippen molar-refractivity contribution in [2.45, 2.75) is 39.5 Å². The molecule has 0 bridgehead atoms. The average Bonchev–Trinajstić information content (AvgIpc) is 3.56. The number of nitrogens with one attached hydrogen (secondary N) is 3. The molecule has 0 heterocycles. The van der Waals surface area contributed by atoms with Gasteiger partial charge in [0.1, 0.15) is 5.75 Å². The average molecular weight is 409 g/mol. The second kappa shape index (κ2) is 9.43. The van der Waals surface area contributed by atoms with E-state index in [0.29, 0.717) is 17.0 Å². The molecule has 2 aromatic carbocycles. The molecule has 0 aliphatic heterocycles. The van der Waals surface area contributed by atoms with E-state index in [1.165, 1.54) is 0 Å². The minimum Gasteiger partial charge on any atom is -0.483 e. The fraction of sp³-hybridized carbons (Fsp3) is 0.348. The molecule has 1 fully saturated rings. The van der Waals surface area contributed by atoms with Crippen LogP contribution >= 0.6 is 0 Å². The molecule has 30 heavy (non-hydrogen) atoms. The van der Waals surface area contributed by atoms with Crippen LogP contribution < -0.4 is 20.9 Å². The van der Waals surface area contributed by atoms with Crippen LogP contribution in [0.1, 0.15) is 54.1 Å². The number of benzene rings is 2. The van der Waals surface area contributed by atoms with Crippen molar-refractivity contribution in [3.05, 3.63) is 59.2 Å². The van der Waals surface area contributed by atoms with E-state index in [1.807, 2.05) is 25.1 Å². The van der Waals surface area contributed by atoms with E-state index in [2.05, 4.69) is 30.0 Å². The first-order valence-electron chi connectivity index (χ1n) is 10.1. The van der Waals surface area contributed by atoms with Crippen molar-refractivity contribution in [1.29, 1.82) is 0 Å². The van der Waals surface area contributed by atoms with Gasteiger partial charge in [-0.25, -0.2) is 0 Å². The first kappa shape index (κ1) is 21.4. The summed E-state index contributed by atoms with van der Waals surface area (Å²) in [6, 6.07) is 12.4. The first-order chi connectivity index (χ1) is 14.3. The van der Waals surface area contributed by atoms with Gasteiger partial charge in [-0.2, -0.15) is 0 Å². The molecule has 1 aliphatic rings. The Balaban J connectivity index is 1.47. The molecule has 7 nitrogen and oxygen atoms in total. The molecule has 0 spiro atoms. The van der Waals surface area contributed by atoms with Gasteiger partial charge in [-0.15, -0.1) is 0 Å². The predicted octanol–water partition coefficient (Wildman–Crippen LogP) is 3.31. The quantitative estimate of drug-likeness (QED) is 0.611. The summed E-state index contributed by atoms with van der Waals surface area (Å²) in [6.07, 6.45) is 1.86. The molecule has 3 amide bonds. The molecule has 158 valence electrons. The van der Waals surface area contributed by atoms with Crippen LogP contribution in [0.15, 0.2) is 42.5 Å². The van der Waals surface area contributed by atoms with Crippen molar-refractivity contribution >= 4 is 23.4 Å². The highest BCUT2D eigenvalue weighted by molar-refractivity contribution is 5.97. The van der Waals surface area contributed by atoms with Crippen LogP contribution in [-0.4, -0.2) is 24.3 Å². The van der Waals surface area contributed by atoms with Crippen molar-refractivity contribution in [2.24, 2.45) is 5.92 Å². The SMILES string of the molecule is Cc1ccc(C(C)C)c(OCC(=O)NNC(=O)c2ccc(NC(=O)C3CC3)cc2)c1. The number of hydrogen-bond donors (Lipinski definition) is 3. The highest BCUT2D eigenvalue weighted by Gasteiger charge is 2.29. The van der Waals surface area contributed by atoms with Gasteiger partial charge in [0.15, 0.2) is 6.61 Å². The Morgan fingerprint density at radius 3 is 2.37 bits per heavy atom. The number of carbonyl (C=O) groups is 3. The lowest BCUT2D eigenvalue weighted by molar-refractivity contribution is -0.123. The molecular formula is C23H27N3O4. The van der Waals surface area contributed by atoms with Gasteiger partial charge in [0.05, 0.1) is 0 Å². The maximum Gasteiger partial charge on any atom is 0.276 e. The third-order valence-electron chi connectivity index (χ3n) is 4.83. The first-order valence-corrected chi connectivity index (χ1v) is 10.1. The predicted molar refractivity (Wildman–Crippen MR) is 114 cm³/mol. The maximum absolute atomic E-state index is 12.2. The molecule has 0 unspecified atom stereocenters. The number of aryl methyl sites for hydroxylation is 1. The summed E-state index contributed by atoms with van der Waals surface area (Å²) in [5, 5.41) is 2.81. The van der Waals surface area contributed by atoms with E-state index in [0.717, 1.165) is 24.0 Å². The lowest BCUT2D eigenvalue weighted by atomic mass is 10.0. The zero-order valence-corrected chi connectivity index (χ0v) is 17.5. The normalized spacial score (nSPS) is 12.9. The number of anilines is 1. The third-order valence-corrected chi connectivity index (χ3v) is 4.83. The molecule has 2 aromatic rings. The Kier molecular flexibility index (Phi) is 6.72. The summed E-state index contributed by atoms with van der Waals surface area (Å²) in [5.74, 6) is 0.126. The Hall–Kier alpha value is -3.35. The smallest absolute Gasteiger partial charge is 0.276 e. The largest absolute Gasteiger partial charge is 0.483 e. The zero-order chi connectivity index (χ0) is 21.7. The summed E-state index contributed by atoms with van der Waals surface area (Å²) in [6.45, 7) is 5.86. The zero-order valence-electron chi connectivity index (χ0n) is 17.5. The van der Waals surface area contributed by atoms with Crippen LogP contribution in [0.2, 0.25) is 0 Å². The molecular weight excluding hydrogens is 382 g/mol. The minimum atomic E-state index is -0.465. The van der Waals surface area contributed by atoms with E-state index in [-0.39, 0.29) is 24.3 Å². The molecule has 3 rings (SSSR count). The highest BCUT2D eigenvalue weighted by atomic mass is 16.5. The van der Waals surface area contributed by atoms with Gasteiger partial charge in [0.25, 0.3) is 11.8 Å². The molecule has 0 saturated heterocycles. The standard InChI is InChI=1S/C23H27N3O4/c1-14(2)19-11-4-15(3)12-20(19)30-13-21(27)25-26-23(29)17-7-9-18(10-8-17)24-22(28)16-5-6-16/h4,7-12,14,16H,5-6,13H2,1-3H3,(H,24,28)(H,25,27)(H,26,29). The van der Waals surface area contributed by atoms with Crippen molar-refractivity contribution in [3.8, 4) is 5.75 Å². The summed E-state index contributed by atoms with van der Waals surface area (Å²) in [4.78, 5) is 36.0. The third kappa shape index (κ3) is 5.83. The number of ether oxygens (including phenoxy) is 1. The van der Waals surface area contributed by atoms with Gasteiger partial charge in [0, 0.05) is 17.2 Å². The van der Waals surface area contributed by atoms with E-state index in [4.69, 9.17) is 4.74 Å². The fourth-order valence-corrected chi connectivity index (χ4v) is 2.92. The van der Waals surface area contributed by atoms with Crippen LogP contribution in [0.3, 0.4) is 0 Å². The van der Waals surface area contributed by atoms with Gasteiger partial charge >= 0.3 is 0 Å². The van der Waals surface area contributed by atoms with Gasteiger partial charge in [0.2, 0.25) is 5.91 Å². The Morgan fingerprint density at radius 2 is 1.73 bits per heavy atom. The van der Waals surface area contributed by atoms with E-state index < -0.39 is 11.8 Å². The number of amides is 3.